The lowest BCUT2D eigenvalue weighted by Crippen LogP contribution is -2.49. The van der Waals surface area contributed by atoms with Crippen molar-refractivity contribution < 1.29 is 5.11 Å². The van der Waals surface area contributed by atoms with Crippen molar-refractivity contribution in [2.75, 3.05) is 6.54 Å². The lowest BCUT2D eigenvalue weighted by Gasteiger charge is -2.33. The van der Waals surface area contributed by atoms with Gasteiger partial charge in [-0.1, -0.05) is 6.42 Å². The lowest BCUT2D eigenvalue weighted by atomic mass is 9.91. The molecular formula is C8H18ClNO. The minimum absolute atomic E-state index is 0. The van der Waals surface area contributed by atoms with Gasteiger partial charge in [-0.25, -0.2) is 0 Å². The number of hydrogen-bond acceptors (Lipinski definition) is 2. The normalized spacial score (nSPS) is 25.9. The van der Waals surface area contributed by atoms with Crippen molar-refractivity contribution in [2.24, 2.45) is 0 Å². The molecule has 0 aliphatic carbocycles. The molecule has 1 saturated heterocycles. The van der Waals surface area contributed by atoms with Crippen molar-refractivity contribution in [3.63, 3.8) is 0 Å². The van der Waals surface area contributed by atoms with E-state index in [1.165, 1.54) is 12.8 Å². The monoisotopic (exact) mass is 179 g/mol. The Balaban J connectivity index is 0.000001000. The molecule has 0 aromatic carbocycles. The molecule has 0 radical (unpaired) electrons. The van der Waals surface area contributed by atoms with E-state index in [9.17, 15) is 5.11 Å². The zero-order valence-corrected chi connectivity index (χ0v) is 8.08. The predicted molar refractivity (Wildman–Crippen MR) is 49.2 cm³/mol. The van der Waals surface area contributed by atoms with E-state index >= 15 is 0 Å². The largest absolute Gasteiger partial charge is 0.389 e. The fourth-order valence-corrected chi connectivity index (χ4v) is 1.45. The van der Waals surface area contributed by atoms with Gasteiger partial charge in [0.2, 0.25) is 0 Å². The van der Waals surface area contributed by atoms with Gasteiger partial charge in [-0.2, -0.15) is 0 Å². The molecule has 0 aromatic rings. The number of aliphatic hydroxyl groups is 1. The van der Waals surface area contributed by atoms with E-state index in [0.29, 0.717) is 6.04 Å². The molecule has 68 valence electrons. The molecule has 0 amide bonds. The minimum atomic E-state index is -0.541. The summed E-state index contributed by atoms with van der Waals surface area (Å²) >= 11 is 0. The van der Waals surface area contributed by atoms with Crippen LogP contribution >= 0.6 is 12.4 Å². The summed E-state index contributed by atoms with van der Waals surface area (Å²) < 4.78 is 0. The number of hydrogen-bond donors (Lipinski definition) is 2. The van der Waals surface area contributed by atoms with Gasteiger partial charge in [0.25, 0.3) is 0 Å². The van der Waals surface area contributed by atoms with Crippen LogP contribution in [0.5, 0.6) is 0 Å². The van der Waals surface area contributed by atoms with Gasteiger partial charge in [-0.3, -0.25) is 0 Å². The van der Waals surface area contributed by atoms with Crippen LogP contribution in [0.3, 0.4) is 0 Å². The smallest absolute Gasteiger partial charge is 0.0744 e. The van der Waals surface area contributed by atoms with E-state index in [0.717, 1.165) is 13.0 Å². The summed E-state index contributed by atoms with van der Waals surface area (Å²) in [5, 5.41) is 12.9. The van der Waals surface area contributed by atoms with Crippen molar-refractivity contribution in [3.8, 4) is 0 Å². The number of halogens is 1. The van der Waals surface area contributed by atoms with Crippen LogP contribution in [0.4, 0.5) is 0 Å². The lowest BCUT2D eigenvalue weighted by molar-refractivity contribution is 0.0278. The van der Waals surface area contributed by atoms with E-state index in [1.54, 1.807) is 0 Å². The summed E-state index contributed by atoms with van der Waals surface area (Å²) in [6, 6.07) is 0.307. The quantitative estimate of drug-likeness (QED) is 0.637. The first-order chi connectivity index (χ1) is 4.61. The maximum Gasteiger partial charge on any atom is 0.0744 e. The van der Waals surface area contributed by atoms with Gasteiger partial charge in [0, 0.05) is 6.04 Å². The third-order valence-electron chi connectivity index (χ3n) is 2.16. The first-order valence-corrected chi connectivity index (χ1v) is 4.06. The molecule has 1 aliphatic heterocycles. The Hall–Kier alpha value is 0.210. The van der Waals surface area contributed by atoms with E-state index in [-0.39, 0.29) is 12.4 Å². The summed E-state index contributed by atoms with van der Waals surface area (Å²) in [7, 11) is 0. The molecule has 1 atom stereocenters. The Morgan fingerprint density at radius 3 is 2.27 bits per heavy atom. The maximum atomic E-state index is 9.58. The van der Waals surface area contributed by atoms with E-state index in [1.807, 2.05) is 13.8 Å². The van der Waals surface area contributed by atoms with E-state index < -0.39 is 5.60 Å². The molecular weight excluding hydrogens is 162 g/mol. The Morgan fingerprint density at radius 2 is 2.00 bits per heavy atom. The van der Waals surface area contributed by atoms with Crippen molar-refractivity contribution in [2.45, 2.75) is 44.8 Å². The molecule has 0 bridgehead atoms. The first-order valence-electron chi connectivity index (χ1n) is 4.06. The summed E-state index contributed by atoms with van der Waals surface area (Å²) in [6.07, 6.45) is 3.62. The molecule has 1 aliphatic rings. The molecule has 0 spiro atoms. The van der Waals surface area contributed by atoms with Gasteiger partial charge >= 0.3 is 0 Å². The van der Waals surface area contributed by atoms with Crippen molar-refractivity contribution >= 4 is 12.4 Å². The highest BCUT2D eigenvalue weighted by Gasteiger charge is 2.27. The molecule has 3 heteroatoms. The highest BCUT2D eigenvalue weighted by atomic mass is 35.5. The van der Waals surface area contributed by atoms with Gasteiger partial charge in [0.15, 0.2) is 0 Å². The highest BCUT2D eigenvalue weighted by Crippen LogP contribution is 2.17. The molecule has 1 fully saturated rings. The van der Waals surface area contributed by atoms with Crippen LogP contribution < -0.4 is 5.32 Å². The zero-order chi connectivity index (χ0) is 7.61. The van der Waals surface area contributed by atoms with Gasteiger partial charge in [-0.05, 0) is 33.2 Å². The van der Waals surface area contributed by atoms with Crippen LogP contribution in [0.2, 0.25) is 0 Å². The first kappa shape index (κ1) is 11.2. The third-order valence-corrected chi connectivity index (χ3v) is 2.16. The van der Waals surface area contributed by atoms with Crippen molar-refractivity contribution in [1.29, 1.82) is 0 Å². The number of nitrogens with one attached hydrogen (secondary N) is 1. The third kappa shape index (κ3) is 3.41. The van der Waals surface area contributed by atoms with E-state index in [2.05, 4.69) is 5.32 Å². The van der Waals surface area contributed by atoms with Crippen molar-refractivity contribution in [3.05, 3.63) is 0 Å². The molecule has 2 nitrogen and oxygen atoms in total. The van der Waals surface area contributed by atoms with Crippen LogP contribution in [0.15, 0.2) is 0 Å². The molecule has 2 N–H and O–H groups in total. The molecule has 11 heavy (non-hydrogen) atoms. The molecule has 1 rings (SSSR count). The average molecular weight is 180 g/mol. The second kappa shape index (κ2) is 4.29. The van der Waals surface area contributed by atoms with Gasteiger partial charge in [0.1, 0.15) is 0 Å². The molecule has 1 unspecified atom stereocenters. The fraction of sp³-hybridized carbons (Fsp3) is 1.00. The minimum Gasteiger partial charge on any atom is -0.389 e. The van der Waals surface area contributed by atoms with Gasteiger partial charge in [-0.15, -0.1) is 12.4 Å². The molecule has 1 heterocycles. The standard InChI is InChI=1S/C8H17NO.ClH/c1-8(2,10)7-5-3-4-6-9-7;/h7,9-10H,3-6H2,1-2H3;1H. The second-order valence-electron chi connectivity index (χ2n) is 3.66. The maximum absolute atomic E-state index is 9.58. The summed E-state index contributed by atoms with van der Waals surface area (Å²) in [6.45, 7) is 4.81. The highest BCUT2D eigenvalue weighted by molar-refractivity contribution is 5.85. The second-order valence-corrected chi connectivity index (χ2v) is 3.66. The molecule has 0 aromatic heterocycles. The fourth-order valence-electron chi connectivity index (χ4n) is 1.45. The summed E-state index contributed by atoms with van der Waals surface area (Å²) in [4.78, 5) is 0. The van der Waals surface area contributed by atoms with Crippen LogP contribution in [0, 0.1) is 0 Å². The summed E-state index contributed by atoms with van der Waals surface area (Å²) in [5.41, 5.74) is -0.541. The van der Waals surface area contributed by atoms with Crippen LogP contribution in [0.1, 0.15) is 33.1 Å². The Labute approximate surface area is 74.8 Å². The Kier molecular flexibility index (Phi) is 4.37. The Morgan fingerprint density at radius 1 is 1.36 bits per heavy atom. The topological polar surface area (TPSA) is 32.3 Å². The number of piperidine rings is 1. The predicted octanol–water partition coefficient (Wildman–Crippen LogP) is 1.32. The SMILES string of the molecule is CC(C)(O)C1CCCCN1.Cl. The summed E-state index contributed by atoms with van der Waals surface area (Å²) in [5.74, 6) is 0. The average Bonchev–Trinajstić information content (AvgIpc) is 1.88. The molecule has 0 saturated carbocycles. The van der Waals surface area contributed by atoms with Gasteiger partial charge in [0.05, 0.1) is 5.60 Å². The van der Waals surface area contributed by atoms with Crippen molar-refractivity contribution in [1.82, 2.24) is 5.32 Å². The Bertz CT molecular complexity index is 105. The van der Waals surface area contributed by atoms with Crippen LogP contribution in [-0.4, -0.2) is 23.3 Å². The van der Waals surface area contributed by atoms with Crippen LogP contribution in [0.25, 0.3) is 0 Å². The number of rotatable bonds is 1. The van der Waals surface area contributed by atoms with E-state index in [4.69, 9.17) is 0 Å². The van der Waals surface area contributed by atoms with Gasteiger partial charge < -0.3 is 10.4 Å². The van der Waals surface area contributed by atoms with Crippen LogP contribution in [-0.2, 0) is 0 Å². The zero-order valence-electron chi connectivity index (χ0n) is 7.26.